The molecule has 2 rings (SSSR count). The fourth-order valence-electron chi connectivity index (χ4n) is 2.63. The van der Waals surface area contributed by atoms with Crippen LogP contribution in [0.1, 0.15) is 54.1 Å². The van der Waals surface area contributed by atoms with Crippen molar-refractivity contribution >= 4 is 11.9 Å². The molecule has 0 fully saturated rings. The van der Waals surface area contributed by atoms with E-state index in [-0.39, 0.29) is 18.0 Å². The molecule has 0 saturated carbocycles. The van der Waals surface area contributed by atoms with E-state index in [1.165, 1.54) is 6.92 Å². The number of nitrogens with zero attached hydrogens (tertiary/aromatic N) is 1. The maximum absolute atomic E-state index is 12.5. The normalized spacial score (nSPS) is 11.8. The summed E-state index contributed by atoms with van der Waals surface area (Å²) < 4.78 is 20.9. The van der Waals surface area contributed by atoms with Gasteiger partial charge in [0.25, 0.3) is 5.91 Å². The third-order valence-electron chi connectivity index (χ3n) is 4.19. The van der Waals surface area contributed by atoms with E-state index in [4.69, 9.17) is 18.7 Å². The second-order valence-electron chi connectivity index (χ2n) is 6.62. The highest BCUT2D eigenvalue weighted by atomic mass is 16.5. The molecule has 0 saturated heterocycles. The zero-order valence-electron chi connectivity index (χ0n) is 17.0. The standard InChI is InChI=1S/C20H26N2O6/c1-11(2)18-17(12(3)22-28-18)20(24)27-13(4)19(23)21-10-14-7-8-15(25-5)16(9-14)26-6/h7-9,11,13H,10H2,1-6H3,(H,21,23)/t13-/m1/s1. The molecule has 1 amide bonds. The number of rotatable bonds is 8. The molecule has 28 heavy (non-hydrogen) atoms. The van der Waals surface area contributed by atoms with Gasteiger partial charge in [-0.2, -0.15) is 0 Å². The summed E-state index contributed by atoms with van der Waals surface area (Å²) in [5.41, 5.74) is 1.53. The Kier molecular flexibility index (Phi) is 7.03. The lowest BCUT2D eigenvalue weighted by Crippen LogP contribution is -2.35. The third kappa shape index (κ3) is 4.82. The van der Waals surface area contributed by atoms with Gasteiger partial charge in [-0.15, -0.1) is 0 Å². The number of carbonyl (C=O) groups is 2. The van der Waals surface area contributed by atoms with Crippen LogP contribution in [0.2, 0.25) is 0 Å². The first-order valence-electron chi connectivity index (χ1n) is 8.94. The summed E-state index contributed by atoms with van der Waals surface area (Å²) in [5.74, 6) is 0.542. The van der Waals surface area contributed by atoms with Gasteiger partial charge in [-0.1, -0.05) is 25.1 Å². The molecule has 0 aliphatic rings. The van der Waals surface area contributed by atoms with E-state index in [2.05, 4.69) is 10.5 Å². The second kappa shape index (κ2) is 9.25. The van der Waals surface area contributed by atoms with Crippen molar-refractivity contribution in [2.75, 3.05) is 14.2 Å². The summed E-state index contributed by atoms with van der Waals surface area (Å²) in [6.45, 7) is 7.20. The number of ether oxygens (including phenoxy) is 3. The van der Waals surface area contributed by atoms with Crippen molar-refractivity contribution in [1.29, 1.82) is 0 Å². The number of carbonyl (C=O) groups excluding carboxylic acids is 2. The highest BCUT2D eigenvalue weighted by Gasteiger charge is 2.27. The van der Waals surface area contributed by atoms with Gasteiger partial charge in [-0.25, -0.2) is 4.79 Å². The fourth-order valence-corrected chi connectivity index (χ4v) is 2.63. The first-order valence-corrected chi connectivity index (χ1v) is 8.94. The maximum atomic E-state index is 12.5. The van der Waals surface area contributed by atoms with Gasteiger partial charge >= 0.3 is 5.97 Å². The molecule has 0 spiro atoms. The lowest BCUT2D eigenvalue weighted by molar-refractivity contribution is -0.129. The van der Waals surface area contributed by atoms with Gasteiger partial charge in [0.05, 0.1) is 19.9 Å². The SMILES string of the molecule is COc1ccc(CNC(=O)[C@@H](C)OC(=O)c2c(C)noc2C(C)C)cc1OC. The topological polar surface area (TPSA) is 99.9 Å². The average Bonchev–Trinajstić information content (AvgIpc) is 3.07. The molecule has 8 heteroatoms. The van der Waals surface area contributed by atoms with Crippen molar-refractivity contribution in [3.05, 3.63) is 40.8 Å². The minimum absolute atomic E-state index is 0.0297. The van der Waals surface area contributed by atoms with Crippen LogP contribution in [-0.2, 0) is 16.1 Å². The van der Waals surface area contributed by atoms with Crippen molar-refractivity contribution in [2.45, 2.75) is 46.3 Å². The van der Waals surface area contributed by atoms with E-state index in [0.717, 1.165) is 5.56 Å². The molecule has 0 bridgehead atoms. The summed E-state index contributed by atoms with van der Waals surface area (Å²) in [7, 11) is 3.09. The van der Waals surface area contributed by atoms with Gasteiger partial charge in [0.15, 0.2) is 23.4 Å². The lowest BCUT2D eigenvalue weighted by Gasteiger charge is -2.15. The van der Waals surface area contributed by atoms with Crippen LogP contribution in [0.5, 0.6) is 11.5 Å². The third-order valence-corrected chi connectivity index (χ3v) is 4.19. The second-order valence-corrected chi connectivity index (χ2v) is 6.62. The molecule has 1 aromatic heterocycles. The quantitative estimate of drug-likeness (QED) is 0.692. The smallest absolute Gasteiger partial charge is 0.344 e. The van der Waals surface area contributed by atoms with Gasteiger partial charge in [-0.3, -0.25) is 4.79 Å². The number of amides is 1. The van der Waals surface area contributed by atoms with E-state index in [1.807, 2.05) is 19.9 Å². The molecule has 152 valence electrons. The molecule has 0 aliphatic carbocycles. The van der Waals surface area contributed by atoms with Crippen LogP contribution in [0, 0.1) is 6.92 Å². The van der Waals surface area contributed by atoms with Gasteiger partial charge in [0.1, 0.15) is 5.56 Å². The highest BCUT2D eigenvalue weighted by Crippen LogP contribution is 2.27. The van der Waals surface area contributed by atoms with E-state index < -0.39 is 18.0 Å². The highest BCUT2D eigenvalue weighted by molar-refractivity contribution is 5.94. The molecule has 8 nitrogen and oxygen atoms in total. The number of aryl methyl sites for hydroxylation is 1. The summed E-state index contributed by atoms with van der Waals surface area (Å²) in [6.07, 6.45) is -0.970. The fraction of sp³-hybridized carbons (Fsp3) is 0.450. The van der Waals surface area contributed by atoms with Crippen LogP contribution >= 0.6 is 0 Å². The molecule has 0 aliphatic heterocycles. The number of nitrogens with one attached hydrogen (secondary N) is 1. The zero-order chi connectivity index (χ0) is 20.8. The Morgan fingerprint density at radius 1 is 1.14 bits per heavy atom. The Bertz CT molecular complexity index is 843. The van der Waals surface area contributed by atoms with Crippen molar-refractivity contribution in [3.8, 4) is 11.5 Å². The Balaban J connectivity index is 1.98. The van der Waals surface area contributed by atoms with E-state index in [1.54, 1.807) is 33.3 Å². The summed E-state index contributed by atoms with van der Waals surface area (Å²) in [5, 5.41) is 6.56. The van der Waals surface area contributed by atoms with Crippen molar-refractivity contribution in [1.82, 2.24) is 10.5 Å². The largest absolute Gasteiger partial charge is 0.493 e. The van der Waals surface area contributed by atoms with E-state index in [0.29, 0.717) is 23.0 Å². The molecule has 1 atom stereocenters. The first-order chi connectivity index (χ1) is 13.3. The number of aromatic nitrogens is 1. The minimum atomic E-state index is -0.970. The first kappa shape index (κ1) is 21.3. The minimum Gasteiger partial charge on any atom is -0.493 e. The van der Waals surface area contributed by atoms with Gasteiger partial charge in [0.2, 0.25) is 0 Å². The van der Waals surface area contributed by atoms with Crippen LogP contribution in [0.25, 0.3) is 0 Å². The number of hydrogen-bond acceptors (Lipinski definition) is 7. The van der Waals surface area contributed by atoms with Crippen LogP contribution in [0.4, 0.5) is 0 Å². The molecule has 2 aromatic rings. The Labute approximate surface area is 164 Å². The molecule has 1 N–H and O–H groups in total. The van der Waals surface area contributed by atoms with Crippen molar-refractivity contribution < 1.29 is 28.3 Å². The molecule has 1 aromatic carbocycles. The lowest BCUT2D eigenvalue weighted by atomic mass is 10.1. The van der Waals surface area contributed by atoms with Crippen LogP contribution in [0.15, 0.2) is 22.7 Å². The number of benzene rings is 1. The summed E-state index contributed by atoms with van der Waals surface area (Å²) >= 11 is 0. The van der Waals surface area contributed by atoms with Gasteiger partial charge in [-0.05, 0) is 31.5 Å². The molecule has 0 unspecified atom stereocenters. The van der Waals surface area contributed by atoms with E-state index in [9.17, 15) is 9.59 Å². The predicted molar refractivity (Wildman–Crippen MR) is 102 cm³/mol. The number of hydrogen-bond donors (Lipinski definition) is 1. The Morgan fingerprint density at radius 2 is 1.82 bits per heavy atom. The van der Waals surface area contributed by atoms with E-state index >= 15 is 0 Å². The monoisotopic (exact) mass is 390 g/mol. The zero-order valence-corrected chi connectivity index (χ0v) is 17.0. The number of esters is 1. The van der Waals surface area contributed by atoms with Crippen molar-refractivity contribution in [3.63, 3.8) is 0 Å². The summed E-state index contributed by atoms with van der Waals surface area (Å²) in [4.78, 5) is 24.8. The number of methoxy groups -OCH3 is 2. The van der Waals surface area contributed by atoms with Gasteiger partial charge < -0.3 is 24.1 Å². The molecular formula is C20H26N2O6. The Hall–Kier alpha value is -3.03. The van der Waals surface area contributed by atoms with Crippen molar-refractivity contribution in [2.24, 2.45) is 0 Å². The van der Waals surface area contributed by atoms with Crippen LogP contribution in [0.3, 0.4) is 0 Å². The average molecular weight is 390 g/mol. The molecule has 0 radical (unpaired) electrons. The van der Waals surface area contributed by atoms with Crippen LogP contribution < -0.4 is 14.8 Å². The summed E-state index contributed by atoms with van der Waals surface area (Å²) in [6, 6.07) is 5.34. The molecular weight excluding hydrogens is 364 g/mol. The van der Waals surface area contributed by atoms with Crippen LogP contribution in [-0.4, -0.2) is 37.4 Å². The predicted octanol–water partition coefficient (Wildman–Crippen LogP) is 2.99. The maximum Gasteiger partial charge on any atom is 0.344 e. The van der Waals surface area contributed by atoms with Gasteiger partial charge in [0, 0.05) is 12.5 Å². The Morgan fingerprint density at radius 3 is 2.43 bits per heavy atom. The molecule has 1 heterocycles.